The molecule has 1 aliphatic carbocycles. The van der Waals surface area contributed by atoms with Crippen LogP contribution in [0.4, 0.5) is 0 Å². The van der Waals surface area contributed by atoms with Crippen LogP contribution in [0.25, 0.3) is 0 Å². The highest BCUT2D eigenvalue weighted by Crippen LogP contribution is 2.82. The lowest BCUT2D eigenvalue weighted by molar-refractivity contribution is 0.590. The van der Waals surface area contributed by atoms with Crippen molar-refractivity contribution in [2.24, 2.45) is 0 Å². The van der Waals surface area contributed by atoms with Gasteiger partial charge < -0.3 is 0 Å². The SMILES string of the molecule is IC1C(I)(I)C(I)(I)C(I)(I)C(I)(I)C(I)(I)C(I)(I)C(I)(I)C(I)(I)C1(I)I. The largest absolute Gasteiger partial charge is 0.125 e. The second-order valence-corrected chi connectivity index (χ2v) is 54.9. The van der Waals surface area contributed by atoms with Gasteiger partial charge >= 0.3 is 0 Å². The second kappa shape index (κ2) is 13.9. The van der Waals surface area contributed by atoms with Crippen LogP contribution >= 0.6 is 429 Å². The maximum Gasteiger partial charge on any atom is 0.125 e. The first kappa shape index (κ1) is 40.9. The molecule has 0 nitrogen and oxygen atoms in total. The van der Waals surface area contributed by atoms with E-state index in [9.17, 15) is 0 Å². The van der Waals surface area contributed by atoms with Crippen LogP contribution in [0.3, 0.4) is 0 Å². The van der Waals surface area contributed by atoms with E-state index in [0.717, 1.165) is 0 Å². The van der Waals surface area contributed by atoms with Gasteiger partial charge in [0.25, 0.3) is 0 Å². The predicted octanol–water partition coefficient (Wildman–Crippen LogP) is 14.9. The van der Waals surface area contributed by atoms with E-state index >= 15 is 0 Å². The Bertz CT molecular complexity index is 602. The maximum absolute atomic E-state index is 2.77. The van der Waals surface area contributed by atoms with Crippen molar-refractivity contribution in [2.75, 3.05) is 0 Å². The minimum atomic E-state index is -0.0451. The van der Waals surface area contributed by atoms with Crippen LogP contribution in [0.1, 0.15) is 0 Å². The van der Waals surface area contributed by atoms with E-state index in [1.165, 1.54) is 0 Å². The number of hydrogen-bond donors (Lipinski definition) is 0. The van der Waals surface area contributed by atoms with Crippen molar-refractivity contribution in [3.05, 3.63) is 0 Å². The van der Waals surface area contributed by atoms with Crippen LogP contribution in [-0.4, -0.2) is 16.8 Å². The van der Waals surface area contributed by atoms with Gasteiger partial charge in [0.15, 0.2) is 0 Å². The van der Waals surface area contributed by atoms with Crippen molar-refractivity contribution in [1.29, 1.82) is 0 Å². The van der Waals surface area contributed by atoms with Gasteiger partial charge in [-0.05, 0) is 0 Å². The summed E-state index contributed by atoms with van der Waals surface area (Å²) in [6.45, 7) is 0. The van der Waals surface area contributed by atoms with Gasteiger partial charge in [0, 0.05) is 0 Å². The van der Waals surface area contributed by atoms with Crippen molar-refractivity contribution >= 4 is 429 Å². The molecular weight excluding hydrogens is 2530 g/mol. The highest BCUT2D eigenvalue weighted by Gasteiger charge is 2.81. The van der Waals surface area contributed by atoms with Crippen molar-refractivity contribution in [1.82, 2.24) is 0 Å². The Morgan fingerprint density at radius 3 is 0.586 bits per heavy atom. The molecule has 0 saturated heterocycles. The molecule has 19 heteroatoms. The standard InChI is InChI=1S/C10HI19/c11-1-2(12,13)4(16,17)6(20,21)8(24,25)10(28,29)9(26,27)7(22,23)5(18,19)3(1,14)15/h1H. The highest BCUT2D eigenvalue weighted by molar-refractivity contribution is 14.2. The highest BCUT2D eigenvalue weighted by atomic mass is 127. The quantitative estimate of drug-likeness (QED) is 0.168. The molecule has 1 aliphatic rings. The Hall–Kier alpha value is 13.9. The van der Waals surface area contributed by atoms with Gasteiger partial charge in [-0.3, -0.25) is 0 Å². The lowest BCUT2D eigenvalue weighted by Gasteiger charge is -2.63. The topological polar surface area (TPSA) is 0 Å². The molecule has 0 heterocycles. The molecule has 0 atom stereocenters. The fourth-order valence-corrected chi connectivity index (χ4v) is 36.6. The van der Waals surface area contributed by atoms with Crippen molar-refractivity contribution in [3.63, 3.8) is 0 Å². The summed E-state index contributed by atoms with van der Waals surface area (Å²) in [5.74, 6) is 0. The van der Waals surface area contributed by atoms with E-state index < -0.39 is 0 Å². The molecule has 0 aromatic carbocycles. The van der Waals surface area contributed by atoms with Gasteiger partial charge in [-0.15, -0.1) is 0 Å². The van der Waals surface area contributed by atoms with Gasteiger partial charge in [-0.25, -0.2) is 0 Å². The molecule has 1 rings (SSSR count). The van der Waals surface area contributed by atoms with E-state index in [1.54, 1.807) is 0 Å². The lowest BCUT2D eigenvalue weighted by Crippen LogP contribution is -2.73. The van der Waals surface area contributed by atoms with Crippen LogP contribution in [-0.2, 0) is 0 Å². The summed E-state index contributed by atoms with van der Waals surface area (Å²) in [5.41, 5.74) is 0. The molecule has 0 radical (unpaired) electrons. The zero-order chi connectivity index (χ0) is 24.1. The van der Waals surface area contributed by atoms with Crippen LogP contribution in [0.2, 0.25) is 0 Å². The third-order valence-corrected chi connectivity index (χ3v) is 72.0. The Morgan fingerprint density at radius 2 is 0.414 bits per heavy atom. The molecular formula is C10HI19. The first-order valence-electron chi connectivity index (χ1n) is 6.20. The van der Waals surface area contributed by atoms with Crippen molar-refractivity contribution in [2.45, 2.75) is 16.8 Å². The first-order valence-corrected chi connectivity index (χ1v) is 26.9. The molecule has 0 N–H and O–H groups in total. The molecule has 0 bridgehead atoms. The first-order chi connectivity index (χ1) is 12.2. The molecule has 0 amide bonds. The smallest absolute Gasteiger partial charge is 0.0778 e. The fourth-order valence-electron chi connectivity index (χ4n) is 1.95. The molecule has 0 aromatic heterocycles. The zero-order valence-electron chi connectivity index (χ0n) is 12.3. The van der Waals surface area contributed by atoms with Gasteiger partial charge in [-0.2, -0.15) is 0 Å². The number of alkyl halides is 19. The lowest BCUT2D eigenvalue weighted by atomic mass is 10.00. The summed E-state index contributed by atoms with van der Waals surface area (Å²) in [5, 5.41) is 0. The number of rotatable bonds is 0. The monoisotopic (exact) mass is 2530 g/mol. The van der Waals surface area contributed by atoms with E-state index in [0.29, 0.717) is 3.92 Å². The zero-order valence-corrected chi connectivity index (χ0v) is 53.3. The second-order valence-electron chi connectivity index (χ2n) is 5.63. The summed E-state index contributed by atoms with van der Waals surface area (Å²) >= 11 is 52.6. The predicted molar refractivity (Wildman–Crippen MR) is 295 cm³/mol. The van der Waals surface area contributed by atoms with E-state index in [2.05, 4.69) is 429 Å². The molecule has 0 aromatic rings. The van der Waals surface area contributed by atoms with Crippen LogP contribution in [0, 0.1) is 0 Å². The van der Waals surface area contributed by atoms with E-state index in [-0.39, 0.29) is 12.9 Å². The Balaban J connectivity index is 4.23. The average molecular weight is 2530 g/mol. The average Bonchev–Trinajstić information content (AvgIpc) is 2.51. The van der Waals surface area contributed by atoms with Crippen molar-refractivity contribution < 1.29 is 0 Å². The molecule has 29 heavy (non-hydrogen) atoms. The third kappa shape index (κ3) is 6.95. The summed E-state index contributed by atoms with van der Waals surface area (Å²) in [6, 6.07) is 0. The molecule has 0 unspecified atom stereocenters. The van der Waals surface area contributed by atoms with Gasteiger partial charge in [0.1, 0.15) is 12.9 Å². The van der Waals surface area contributed by atoms with Gasteiger partial charge in [-0.1, -0.05) is 429 Å². The van der Waals surface area contributed by atoms with Gasteiger partial charge in [0.05, 0.1) is 3.92 Å². The number of halogens is 19. The third-order valence-electron chi connectivity index (χ3n) is 3.84. The minimum absolute atomic E-state index is 0.0153. The molecule has 0 spiro atoms. The van der Waals surface area contributed by atoms with E-state index in [1.807, 2.05) is 0 Å². The maximum atomic E-state index is 2.77. The number of hydrogen-bond acceptors (Lipinski definition) is 0. The van der Waals surface area contributed by atoms with Crippen LogP contribution in [0.15, 0.2) is 0 Å². The van der Waals surface area contributed by atoms with Gasteiger partial charge in [0.2, 0.25) is 0 Å². The summed E-state index contributed by atoms with van der Waals surface area (Å²) in [7, 11) is 0. The fraction of sp³-hybridized carbons (Fsp3) is 1.00. The van der Waals surface area contributed by atoms with Crippen LogP contribution < -0.4 is 0 Å². The van der Waals surface area contributed by atoms with E-state index in [4.69, 9.17) is 0 Å². The molecule has 1 saturated carbocycles. The summed E-state index contributed by atoms with van der Waals surface area (Å²) < 4.78 is 0.238. The summed E-state index contributed by atoms with van der Waals surface area (Å²) in [4.78, 5) is 0. The molecule has 174 valence electrons. The Kier molecular flexibility index (Phi) is 19.6. The van der Waals surface area contributed by atoms with Crippen molar-refractivity contribution in [3.8, 4) is 0 Å². The normalized spacial score (nSPS) is 33.6. The van der Waals surface area contributed by atoms with Crippen LogP contribution in [0.5, 0.6) is 0 Å². The summed E-state index contributed by atoms with van der Waals surface area (Å²) in [6.07, 6.45) is 0. The minimum Gasteiger partial charge on any atom is -0.0778 e. The molecule has 0 aliphatic heterocycles. The Labute approximate surface area is 431 Å². The molecule has 1 fully saturated rings. The Morgan fingerprint density at radius 1 is 0.276 bits per heavy atom.